The Kier molecular flexibility index (Phi) is 5.18. The van der Waals surface area contributed by atoms with Crippen LogP contribution in [0.3, 0.4) is 0 Å². The second-order valence-corrected chi connectivity index (χ2v) is 7.35. The fourth-order valence-electron chi connectivity index (χ4n) is 3.66. The second-order valence-electron chi connectivity index (χ2n) is 6.92. The molecule has 0 aliphatic carbocycles. The van der Waals surface area contributed by atoms with Crippen molar-refractivity contribution in [2.75, 3.05) is 0 Å². The smallest absolute Gasteiger partial charge is 0.279 e. The molecule has 4 rings (SSSR count). The highest BCUT2D eigenvalue weighted by atomic mass is 35.5. The zero-order valence-corrected chi connectivity index (χ0v) is 16.7. The summed E-state index contributed by atoms with van der Waals surface area (Å²) in [5.41, 5.74) is 0.314. The van der Waals surface area contributed by atoms with Crippen molar-refractivity contribution in [1.82, 2.24) is 15.5 Å². The molecule has 9 heteroatoms. The van der Waals surface area contributed by atoms with Crippen molar-refractivity contribution >= 4 is 28.2 Å². The van der Waals surface area contributed by atoms with Gasteiger partial charge in [0.25, 0.3) is 6.43 Å². The normalized spacial score (nSPS) is 16.5. The highest BCUT2D eigenvalue weighted by Crippen LogP contribution is 2.44. The van der Waals surface area contributed by atoms with Gasteiger partial charge in [-0.25, -0.2) is 18.0 Å². The van der Waals surface area contributed by atoms with Crippen LogP contribution in [0.2, 0.25) is 5.02 Å². The van der Waals surface area contributed by atoms with Gasteiger partial charge >= 0.3 is 0 Å². The number of hydrogen-bond donors (Lipinski definition) is 2. The average molecular weight is 440 g/mol. The summed E-state index contributed by atoms with van der Waals surface area (Å²) >= 11 is 5.92. The zero-order valence-electron chi connectivity index (χ0n) is 16.0. The van der Waals surface area contributed by atoms with Gasteiger partial charge in [0.1, 0.15) is 5.82 Å². The Morgan fingerprint density at radius 1 is 1.26 bits per heavy atom. The molecule has 0 fully saturated rings. The van der Waals surface area contributed by atoms with Crippen LogP contribution in [0.15, 0.2) is 53.4 Å². The van der Waals surface area contributed by atoms with E-state index in [0.29, 0.717) is 27.2 Å². The van der Waals surface area contributed by atoms with Crippen LogP contribution in [0.5, 0.6) is 0 Å². The Hall–Kier alpha value is -3.75. The number of nitrogens with one attached hydrogen (secondary N) is 2. The van der Waals surface area contributed by atoms with E-state index in [9.17, 15) is 14.0 Å². The van der Waals surface area contributed by atoms with Crippen molar-refractivity contribution in [3.8, 4) is 6.07 Å². The second kappa shape index (κ2) is 7.82. The molecule has 0 saturated carbocycles. The van der Waals surface area contributed by atoms with Gasteiger partial charge in [-0.1, -0.05) is 23.7 Å². The van der Waals surface area contributed by atoms with Gasteiger partial charge in [-0.3, -0.25) is 5.10 Å². The molecule has 0 bridgehead atoms. The number of rotatable bonds is 3. The van der Waals surface area contributed by atoms with Crippen LogP contribution in [-0.2, 0) is 0 Å². The Morgan fingerprint density at radius 3 is 2.58 bits per heavy atom. The van der Waals surface area contributed by atoms with Crippen molar-refractivity contribution in [2.45, 2.75) is 19.3 Å². The molecule has 5 nitrogen and oxygen atoms in total. The van der Waals surface area contributed by atoms with Crippen molar-refractivity contribution in [3.05, 3.63) is 92.4 Å². The molecule has 31 heavy (non-hydrogen) atoms. The first-order chi connectivity index (χ1) is 14.8. The minimum Gasteiger partial charge on any atom is -0.362 e. The summed E-state index contributed by atoms with van der Waals surface area (Å²) in [6, 6.07) is 10.6. The molecule has 0 spiro atoms. The van der Waals surface area contributed by atoms with Gasteiger partial charge in [0.05, 0.1) is 35.3 Å². The highest BCUT2D eigenvalue weighted by Gasteiger charge is 2.37. The Labute approximate surface area is 180 Å². The molecule has 154 valence electrons. The number of H-pyrrole nitrogens is 1. The third-order valence-electron chi connectivity index (χ3n) is 5.13. The van der Waals surface area contributed by atoms with E-state index in [0.717, 1.165) is 6.07 Å². The third-order valence-corrected chi connectivity index (χ3v) is 5.39. The molecule has 0 saturated heterocycles. The minimum atomic E-state index is -3.03. The summed E-state index contributed by atoms with van der Waals surface area (Å²) in [5, 5.41) is 20.0. The van der Waals surface area contributed by atoms with E-state index in [1.54, 1.807) is 37.3 Å². The number of dihydropyridines is 1. The van der Waals surface area contributed by atoms with Gasteiger partial charge in [0.2, 0.25) is 5.70 Å². The molecule has 2 heterocycles. The summed E-state index contributed by atoms with van der Waals surface area (Å²) in [6.07, 6.45) is -3.03. The van der Waals surface area contributed by atoms with Crippen LogP contribution in [0, 0.1) is 30.6 Å². The Balaban J connectivity index is 2.04. The number of aromatic nitrogens is 2. The lowest BCUT2D eigenvalue weighted by Gasteiger charge is -2.29. The predicted molar refractivity (Wildman–Crippen MR) is 110 cm³/mol. The van der Waals surface area contributed by atoms with Crippen LogP contribution in [0.25, 0.3) is 21.4 Å². The first-order valence-electron chi connectivity index (χ1n) is 9.06. The summed E-state index contributed by atoms with van der Waals surface area (Å²) < 4.78 is 42.9. The topological polar surface area (TPSA) is 68.9 Å². The van der Waals surface area contributed by atoms with E-state index in [1.165, 1.54) is 6.07 Å². The quantitative estimate of drug-likeness (QED) is 0.516. The lowest BCUT2D eigenvalue weighted by Crippen LogP contribution is -2.28. The predicted octanol–water partition coefficient (Wildman–Crippen LogP) is 5.68. The van der Waals surface area contributed by atoms with Crippen LogP contribution in [0.4, 0.5) is 13.2 Å². The number of aryl methyl sites for hydroxylation is 1. The summed E-state index contributed by atoms with van der Waals surface area (Å²) in [7, 11) is 0. The van der Waals surface area contributed by atoms with Crippen LogP contribution in [-0.4, -0.2) is 16.6 Å². The molecule has 1 aliphatic rings. The number of nitrogens with zero attached hydrogens (tertiary/aromatic N) is 3. The van der Waals surface area contributed by atoms with Gasteiger partial charge in [-0.05, 0) is 36.2 Å². The van der Waals surface area contributed by atoms with Gasteiger partial charge in [-0.2, -0.15) is 10.4 Å². The van der Waals surface area contributed by atoms with Crippen LogP contribution >= 0.6 is 11.6 Å². The Morgan fingerprint density at radius 2 is 1.97 bits per heavy atom. The van der Waals surface area contributed by atoms with Crippen molar-refractivity contribution < 1.29 is 13.2 Å². The number of nitriles is 1. The van der Waals surface area contributed by atoms with Gasteiger partial charge in [-0.15, -0.1) is 0 Å². The van der Waals surface area contributed by atoms with Gasteiger partial charge < -0.3 is 5.32 Å². The maximum Gasteiger partial charge on any atom is 0.279 e. The molecule has 1 atom stereocenters. The van der Waals surface area contributed by atoms with E-state index in [-0.39, 0.29) is 17.0 Å². The fourth-order valence-corrected chi connectivity index (χ4v) is 3.78. The monoisotopic (exact) mass is 439 g/mol. The Bertz CT molecular complexity index is 1340. The SMILES string of the molecule is [C-]#[N+]C1=C(c2ccc(Cl)cc2)NC(C(F)F)=C(C#N)C1c1cc2c(C)[nH]nc2cc1F. The van der Waals surface area contributed by atoms with E-state index in [4.69, 9.17) is 18.2 Å². The van der Waals surface area contributed by atoms with Gasteiger partial charge in [0.15, 0.2) is 0 Å². The summed E-state index contributed by atoms with van der Waals surface area (Å²) in [5.74, 6) is -2.05. The summed E-state index contributed by atoms with van der Waals surface area (Å²) in [6.45, 7) is 9.46. The number of halogens is 4. The molecule has 2 aromatic carbocycles. The molecular formula is C22H13ClF3N5. The average Bonchev–Trinajstić information content (AvgIpc) is 3.11. The molecule has 1 unspecified atom stereocenters. The summed E-state index contributed by atoms with van der Waals surface area (Å²) in [4.78, 5) is 3.52. The lowest BCUT2D eigenvalue weighted by atomic mass is 9.82. The number of allylic oxidation sites excluding steroid dienone is 2. The van der Waals surface area contributed by atoms with E-state index in [2.05, 4.69) is 20.4 Å². The third kappa shape index (κ3) is 3.41. The molecule has 1 aliphatic heterocycles. The maximum atomic E-state index is 15.1. The van der Waals surface area contributed by atoms with Crippen LogP contribution < -0.4 is 5.32 Å². The largest absolute Gasteiger partial charge is 0.362 e. The minimum absolute atomic E-state index is 0.0503. The number of fused-ring (bicyclic) bond motifs is 1. The maximum absolute atomic E-state index is 15.1. The first kappa shape index (κ1) is 20.5. The lowest BCUT2D eigenvalue weighted by molar-refractivity contribution is 0.181. The van der Waals surface area contributed by atoms with Gasteiger partial charge in [0, 0.05) is 27.9 Å². The number of benzene rings is 2. The van der Waals surface area contributed by atoms with E-state index in [1.807, 2.05) is 0 Å². The fraction of sp³-hybridized carbons (Fsp3) is 0.136. The highest BCUT2D eigenvalue weighted by molar-refractivity contribution is 6.30. The molecule has 0 radical (unpaired) electrons. The molecule has 3 aromatic rings. The van der Waals surface area contributed by atoms with E-state index >= 15 is 4.39 Å². The van der Waals surface area contributed by atoms with Crippen molar-refractivity contribution in [1.29, 1.82) is 5.26 Å². The van der Waals surface area contributed by atoms with Crippen LogP contribution in [0.1, 0.15) is 22.7 Å². The number of hydrogen-bond acceptors (Lipinski definition) is 3. The molecule has 2 N–H and O–H groups in total. The standard InChI is InChI=1S/C22H13ClF3N5/c1-10-13-7-14(16(24)8-17(13)31-30-10)18-15(9-27)20(22(25)26)29-19(21(18)28-2)11-3-5-12(23)6-4-11/h3-8,18,22,29H,1H3,(H,30,31). The van der Waals surface area contributed by atoms with Crippen molar-refractivity contribution in [2.24, 2.45) is 0 Å². The zero-order chi connectivity index (χ0) is 22.3. The number of alkyl halides is 2. The number of aromatic amines is 1. The van der Waals surface area contributed by atoms with Crippen molar-refractivity contribution in [3.63, 3.8) is 0 Å². The molecule has 0 amide bonds. The van der Waals surface area contributed by atoms with E-state index < -0.39 is 29.4 Å². The molecular weight excluding hydrogens is 427 g/mol. The first-order valence-corrected chi connectivity index (χ1v) is 9.44. The molecule has 1 aromatic heterocycles.